The summed E-state index contributed by atoms with van der Waals surface area (Å²) in [6.07, 6.45) is -1.13. The third-order valence-corrected chi connectivity index (χ3v) is 8.09. The first-order chi connectivity index (χ1) is 20.1. The summed E-state index contributed by atoms with van der Waals surface area (Å²) in [6, 6.07) is 5.88. The number of benzene rings is 1. The number of halogens is 3. The van der Waals surface area contributed by atoms with Gasteiger partial charge in [-0.3, -0.25) is 4.79 Å². The maximum Gasteiger partial charge on any atom is 0.573 e. The standard InChI is InChI=1S/C29H33F3N6O4/c1-3-26(40)36-11-13-37(14-12-36)27-21-8-10-38(24-15-20(6-7-25(24)39)42-29(30,31)32)17-23(21)34-28(22(27)16-33)41-18-19-5-4-9-35(19)2/h3,6-7,15,19,39H,1,4-5,8-14,17-18H2,2H3. The van der Waals surface area contributed by atoms with E-state index < -0.39 is 12.1 Å². The van der Waals surface area contributed by atoms with Gasteiger partial charge in [-0.05, 0) is 51.1 Å². The van der Waals surface area contributed by atoms with Crippen LogP contribution in [0.15, 0.2) is 30.9 Å². The van der Waals surface area contributed by atoms with E-state index in [9.17, 15) is 28.3 Å². The van der Waals surface area contributed by atoms with Crippen LogP contribution in [0.1, 0.15) is 29.7 Å². The van der Waals surface area contributed by atoms with Gasteiger partial charge in [0.25, 0.3) is 0 Å². The first kappa shape index (κ1) is 29.3. The van der Waals surface area contributed by atoms with Crippen molar-refractivity contribution in [3.63, 3.8) is 0 Å². The van der Waals surface area contributed by atoms with Crippen molar-refractivity contribution in [3.8, 4) is 23.4 Å². The van der Waals surface area contributed by atoms with Crippen molar-refractivity contribution in [2.75, 3.05) is 62.7 Å². The summed E-state index contributed by atoms with van der Waals surface area (Å²) in [7, 11) is 2.03. The van der Waals surface area contributed by atoms with Gasteiger partial charge in [-0.1, -0.05) is 6.58 Å². The molecule has 1 aromatic carbocycles. The van der Waals surface area contributed by atoms with E-state index in [0.717, 1.165) is 37.1 Å². The Morgan fingerprint density at radius 2 is 1.98 bits per heavy atom. The second-order valence-electron chi connectivity index (χ2n) is 10.7. The van der Waals surface area contributed by atoms with Crippen molar-refractivity contribution in [1.82, 2.24) is 14.8 Å². The van der Waals surface area contributed by atoms with Crippen LogP contribution in [0.3, 0.4) is 0 Å². The molecule has 3 aliphatic rings. The lowest BCUT2D eigenvalue weighted by atomic mass is 9.97. The first-order valence-electron chi connectivity index (χ1n) is 13.9. The van der Waals surface area contributed by atoms with Crippen LogP contribution < -0.4 is 19.3 Å². The zero-order valence-corrected chi connectivity index (χ0v) is 23.4. The van der Waals surface area contributed by atoms with Crippen LogP contribution >= 0.6 is 0 Å². The van der Waals surface area contributed by atoms with E-state index in [2.05, 4.69) is 27.2 Å². The molecule has 0 aliphatic carbocycles. The summed E-state index contributed by atoms with van der Waals surface area (Å²) in [6.45, 7) is 7.34. The molecule has 2 saturated heterocycles. The van der Waals surface area contributed by atoms with E-state index in [1.807, 2.05) is 7.05 Å². The average Bonchev–Trinajstić information content (AvgIpc) is 3.39. The van der Waals surface area contributed by atoms with E-state index in [-0.39, 0.29) is 35.8 Å². The molecule has 2 aromatic rings. The maximum atomic E-state index is 12.9. The van der Waals surface area contributed by atoms with Gasteiger partial charge in [0, 0.05) is 50.4 Å². The molecule has 0 spiro atoms. The van der Waals surface area contributed by atoms with Crippen LogP contribution in [-0.2, 0) is 17.8 Å². The molecule has 1 aromatic heterocycles. The Hall–Kier alpha value is -4.18. The van der Waals surface area contributed by atoms with E-state index in [4.69, 9.17) is 9.72 Å². The van der Waals surface area contributed by atoms with Crippen LogP contribution in [0.4, 0.5) is 24.5 Å². The zero-order chi connectivity index (χ0) is 30.0. The Bertz CT molecular complexity index is 1390. The van der Waals surface area contributed by atoms with Gasteiger partial charge in [0.1, 0.15) is 29.7 Å². The molecule has 42 heavy (non-hydrogen) atoms. The third-order valence-electron chi connectivity index (χ3n) is 8.09. The molecule has 1 amide bonds. The van der Waals surface area contributed by atoms with Crippen molar-refractivity contribution in [3.05, 3.63) is 47.7 Å². The molecule has 224 valence electrons. The zero-order valence-electron chi connectivity index (χ0n) is 23.4. The lowest BCUT2D eigenvalue weighted by Crippen LogP contribution is -2.49. The first-order valence-corrected chi connectivity index (χ1v) is 13.9. The van der Waals surface area contributed by atoms with E-state index in [1.54, 1.807) is 9.80 Å². The number of nitrogens with zero attached hydrogens (tertiary/aromatic N) is 6. The third kappa shape index (κ3) is 6.18. The number of nitriles is 1. The number of hydrogen-bond acceptors (Lipinski definition) is 9. The highest BCUT2D eigenvalue weighted by atomic mass is 19.4. The molecule has 3 aliphatic heterocycles. The number of anilines is 2. The summed E-state index contributed by atoms with van der Waals surface area (Å²) < 4.78 is 48.9. The topological polar surface area (TPSA) is 105 Å². The van der Waals surface area contributed by atoms with E-state index in [0.29, 0.717) is 62.7 Å². The fraction of sp³-hybridized carbons (Fsp3) is 0.483. The molecule has 0 saturated carbocycles. The number of phenols is 1. The van der Waals surface area contributed by atoms with Crippen LogP contribution in [0.5, 0.6) is 17.4 Å². The quantitative estimate of drug-likeness (QED) is 0.489. The molecule has 2 fully saturated rings. The fourth-order valence-corrected chi connectivity index (χ4v) is 5.89. The van der Waals surface area contributed by atoms with Crippen molar-refractivity contribution in [1.29, 1.82) is 5.26 Å². The Balaban J connectivity index is 1.49. The van der Waals surface area contributed by atoms with Crippen LogP contribution in [0, 0.1) is 11.3 Å². The Labute approximate surface area is 242 Å². The van der Waals surface area contributed by atoms with Gasteiger partial charge in [-0.15, -0.1) is 13.2 Å². The minimum atomic E-state index is -4.87. The van der Waals surface area contributed by atoms with Gasteiger partial charge in [0.15, 0.2) is 0 Å². The van der Waals surface area contributed by atoms with Crippen molar-refractivity contribution in [2.45, 2.75) is 38.2 Å². The minimum absolute atomic E-state index is 0.149. The number of carbonyl (C=O) groups excluding carboxylic acids is 1. The SMILES string of the molecule is C=CC(=O)N1CCN(c2c(C#N)c(OCC3CCCN3C)nc3c2CCN(c2cc(OC(F)(F)F)ccc2O)C3)CC1. The number of pyridine rings is 1. The number of rotatable bonds is 7. The van der Waals surface area contributed by atoms with Gasteiger partial charge in [0.2, 0.25) is 11.8 Å². The number of aromatic nitrogens is 1. The lowest BCUT2D eigenvalue weighted by Gasteiger charge is -2.39. The van der Waals surface area contributed by atoms with Gasteiger partial charge in [0.05, 0.1) is 23.6 Å². The van der Waals surface area contributed by atoms with E-state index >= 15 is 0 Å². The van der Waals surface area contributed by atoms with Gasteiger partial charge in [-0.2, -0.15) is 5.26 Å². The molecule has 1 unspecified atom stereocenters. The number of phenolic OH excluding ortho intramolecular Hbond substituents is 1. The predicted octanol–water partition coefficient (Wildman–Crippen LogP) is 3.43. The highest BCUT2D eigenvalue weighted by Crippen LogP contribution is 2.40. The lowest BCUT2D eigenvalue weighted by molar-refractivity contribution is -0.274. The highest BCUT2D eigenvalue weighted by molar-refractivity contribution is 5.87. The average molecular weight is 587 g/mol. The predicted molar refractivity (Wildman–Crippen MR) is 149 cm³/mol. The molecule has 1 atom stereocenters. The van der Waals surface area contributed by atoms with Crippen molar-refractivity contribution in [2.24, 2.45) is 0 Å². The summed E-state index contributed by atoms with van der Waals surface area (Å²) in [5.74, 6) is -0.572. The normalized spacial score (nSPS) is 19.3. The molecule has 4 heterocycles. The second-order valence-corrected chi connectivity index (χ2v) is 10.7. The second kappa shape index (κ2) is 12.0. The van der Waals surface area contributed by atoms with Crippen LogP contribution in [0.2, 0.25) is 0 Å². The molecule has 1 N–H and O–H groups in total. The van der Waals surface area contributed by atoms with Crippen molar-refractivity contribution >= 4 is 17.3 Å². The van der Waals surface area contributed by atoms with Crippen LogP contribution in [-0.4, -0.2) is 91.1 Å². The number of likely N-dealkylation sites (N-methyl/N-ethyl adjacent to an activating group) is 1. The molecular formula is C29H33F3N6O4. The summed E-state index contributed by atoms with van der Waals surface area (Å²) in [5, 5.41) is 20.8. The fourth-order valence-electron chi connectivity index (χ4n) is 5.89. The molecule has 10 nitrogen and oxygen atoms in total. The summed E-state index contributed by atoms with van der Waals surface area (Å²) in [4.78, 5) is 24.7. The molecule has 0 bridgehead atoms. The smallest absolute Gasteiger partial charge is 0.506 e. The molecule has 0 radical (unpaired) electrons. The molecule has 5 rings (SSSR count). The number of hydrogen-bond donors (Lipinski definition) is 1. The number of piperazine rings is 1. The van der Waals surface area contributed by atoms with Crippen molar-refractivity contribution < 1.29 is 32.5 Å². The number of aromatic hydroxyl groups is 1. The number of alkyl halides is 3. The molecular weight excluding hydrogens is 553 g/mol. The number of carbonyl (C=O) groups is 1. The maximum absolute atomic E-state index is 12.9. The number of fused-ring (bicyclic) bond motifs is 1. The number of likely N-dealkylation sites (tertiary alicyclic amines) is 1. The van der Waals surface area contributed by atoms with E-state index in [1.165, 1.54) is 12.1 Å². The number of amides is 1. The Morgan fingerprint density at radius 1 is 1.21 bits per heavy atom. The summed E-state index contributed by atoms with van der Waals surface area (Å²) in [5.41, 5.74) is 2.67. The van der Waals surface area contributed by atoms with Gasteiger partial charge in [-0.25, -0.2) is 4.98 Å². The van der Waals surface area contributed by atoms with Gasteiger partial charge < -0.3 is 34.2 Å². The minimum Gasteiger partial charge on any atom is -0.506 e. The number of ether oxygens (including phenoxy) is 2. The summed E-state index contributed by atoms with van der Waals surface area (Å²) >= 11 is 0. The highest BCUT2D eigenvalue weighted by Gasteiger charge is 2.34. The Morgan fingerprint density at radius 3 is 2.62 bits per heavy atom. The Kier molecular flexibility index (Phi) is 8.36. The largest absolute Gasteiger partial charge is 0.573 e. The molecule has 13 heteroatoms. The monoisotopic (exact) mass is 586 g/mol. The van der Waals surface area contributed by atoms with Crippen LogP contribution in [0.25, 0.3) is 0 Å². The van der Waals surface area contributed by atoms with Gasteiger partial charge >= 0.3 is 6.36 Å².